The molecule has 1 aromatic rings. The van der Waals surface area contributed by atoms with Crippen LogP contribution in [0.25, 0.3) is 0 Å². The first-order valence-electron chi connectivity index (χ1n) is 5.95. The van der Waals surface area contributed by atoms with Gasteiger partial charge in [0.2, 0.25) is 10.0 Å². The molecule has 0 saturated heterocycles. The first-order chi connectivity index (χ1) is 8.54. The van der Waals surface area contributed by atoms with E-state index < -0.39 is 16.0 Å². The molecule has 6 nitrogen and oxygen atoms in total. The maximum atomic E-state index is 12.0. The third-order valence-corrected chi connectivity index (χ3v) is 4.66. The van der Waals surface area contributed by atoms with Crippen LogP contribution in [0.2, 0.25) is 0 Å². The number of carbonyl (C=O) groups is 1. The van der Waals surface area contributed by atoms with Gasteiger partial charge in [0, 0.05) is 12.7 Å². The van der Waals surface area contributed by atoms with Gasteiger partial charge < -0.3 is 10.1 Å². The molecule has 0 aliphatic carbocycles. The number of rotatable bonds is 5. The van der Waals surface area contributed by atoms with Crippen LogP contribution in [-0.4, -0.2) is 31.0 Å². The Morgan fingerprint density at radius 1 is 1.47 bits per heavy atom. The summed E-state index contributed by atoms with van der Waals surface area (Å²) in [6.07, 6.45) is 1.17. The second kappa shape index (κ2) is 5.34. The number of aromatic carboxylic acids is 1. The standard InChI is InChI=1S/C12H20N2O4S/c1-8(12(2,3)4)6-14-19(17,18)9-5-10(11(15)16)13-7-9/h5,7-8,13-14H,6H2,1-4H3,(H,15,16). The molecule has 19 heavy (non-hydrogen) atoms. The van der Waals surface area contributed by atoms with E-state index in [1.165, 1.54) is 6.20 Å². The lowest BCUT2D eigenvalue weighted by molar-refractivity contribution is 0.0691. The maximum Gasteiger partial charge on any atom is 0.352 e. The fourth-order valence-electron chi connectivity index (χ4n) is 1.28. The van der Waals surface area contributed by atoms with E-state index >= 15 is 0 Å². The van der Waals surface area contributed by atoms with E-state index in [-0.39, 0.29) is 21.9 Å². The van der Waals surface area contributed by atoms with E-state index in [2.05, 4.69) is 9.71 Å². The first kappa shape index (κ1) is 15.7. The molecule has 0 spiro atoms. The Labute approximate surface area is 113 Å². The second-order valence-electron chi connectivity index (χ2n) is 5.67. The van der Waals surface area contributed by atoms with Crippen molar-refractivity contribution in [2.45, 2.75) is 32.6 Å². The molecule has 1 aromatic heterocycles. The van der Waals surface area contributed by atoms with E-state index in [0.29, 0.717) is 6.54 Å². The van der Waals surface area contributed by atoms with E-state index in [0.717, 1.165) is 6.07 Å². The van der Waals surface area contributed by atoms with Crippen molar-refractivity contribution in [1.29, 1.82) is 0 Å². The molecule has 0 bridgehead atoms. The zero-order chi connectivity index (χ0) is 14.8. The highest BCUT2D eigenvalue weighted by atomic mass is 32.2. The number of aromatic amines is 1. The smallest absolute Gasteiger partial charge is 0.352 e. The zero-order valence-corrected chi connectivity index (χ0v) is 12.3. The number of aromatic nitrogens is 1. The largest absolute Gasteiger partial charge is 0.477 e. The third-order valence-electron chi connectivity index (χ3n) is 3.26. The summed E-state index contributed by atoms with van der Waals surface area (Å²) in [5.41, 5.74) is -0.156. The molecule has 1 heterocycles. The molecule has 0 radical (unpaired) electrons. The monoisotopic (exact) mass is 288 g/mol. The number of carboxylic acids is 1. The van der Waals surface area contributed by atoms with Crippen LogP contribution >= 0.6 is 0 Å². The molecule has 1 unspecified atom stereocenters. The Morgan fingerprint density at radius 3 is 2.47 bits per heavy atom. The van der Waals surface area contributed by atoms with Crippen LogP contribution in [0.5, 0.6) is 0 Å². The fourth-order valence-corrected chi connectivity index (χ4v) is 2.40. The van der Waals surface area contributed by atoms with Gasteiger partial charge in [0.25, 0.3) is 0 Å². The number of sulfonamides is 1. The van der Waals surface area contributed by atoms with Crippen molar-refractivity contribution in [1.82, 2.24) is 9.71 Å². The number of hydrogen-bond acceptors (Lipinski definition) is 3. The van der Waals surface area contributed by atoms with Crippen molar-refractivity contribution in [2.24, 2.45) is 11.3 Å². The van der Waals surface area contributed by atoms with Crippen molar-refractivity contribution in [2.75, 3.05) is 6.54 Å². The Morgan fingerprint density at radius 2 is 2.05 bits per heavy atom. The van der Waals surface area contributed by atoms with Gasteiger partial charge in [-0.15, -0.1) is 0 Å². The van der Waals surface area contributed by atoms with Crippen molar-refractivity contribution < 1.29 is 18.3 Å². The summed E-state index contributed by atoms with van der Waals surface area (Å²) < 4.78 is 26.4. The van der Waals surface area contributed by atoms with Gasteiger partial charge in [-0.1, -0.05) is 27.7 Å². The Hall–Kier alpha value is -1.34. The van der Waals surface area contributed by atoms with Gasteiger partial charge in [-0.25, -0.2) is 17.9 Å². The molecule has 0 aliphatic rings. The fraction of sp³-hybridized carbons (Fsp3) is 0.583. The normalized spacial score (nSPS) is 14.3. The molecule has 0 amide bonds. The molecular weight excluding hydrogens is 268 g/mol. The zero-order valence-electron chi connectivity index (χ0n) is 11.5. The summed E-state index contributed by atoms with van der Waals surface area (Å²) >= 11 is 0. The lowest BCUT2D eigenvalue weighted by Gasteiger charge is -2.27. The van der Waals surface area contributed by atoms with Crippen molar-refractivity contribution >= 4 is 16.0 Å². The average molecular weight is 288 g/mol. The Bertz CT molecular complexity index is 555. The molecule has 1 rings (SSSR count). The van der Waals surface area contributed by atoms with Gasteiger partial charge in [0.1, 0.15) is 10.6 Å². The topological polar surface area (TPSA) is 99.3 Å². The summed E-state index contributed by atoms with van der Waals surface area (Å²) in [7, 11) is -3.67. The Kier molecular flexibility index (Phi) is 4.42. The van der Waals surface area contributed by atoms with Crippen LogP contribution < -0.4 is 4.72 Å². The third kappa shape index (κ3) is 4.07. The maximum absolute atomic E-state index is 12.0. The van der Waals surface area contributed by atoms with Crippen LogP contribution in [0.15, 0.2) is 17.2 Å². The SMILES string of the molecule is CC(CNS(=O)(=O)c1c[nH]c(C(=O)O)c1)C(C)(C)C. The van der Waals surface area contributed by atoms with E-state index in [1.807, 2.05) is 27.7 Å². The lowest BCUT2D eigenvalue weighted by atomic mass is 9.82. The van der Waals surface area contributed by atoms with Gasteiger partial charge in [-0.2, -0.15) is 0 Å². The number of hydrogen-bond donors (Lipinski definition) is 3. The lowest BCUT2D eigenvalue weighted by Crippen LogP contribution is -2.33. The molecule has 0 aromatic carbocycles. The number of carboxylic acid groups (broad SMARTS) is 1. The molecule has 7 heteroatoms. The minimum absolute atomic E-state index is 0.00705. The van der Waals surface area contributed by atoms with Crippen molar-refractivity contribution in [3.05, 3.63) is 18.0 Å². The van der Waals surface area contributed by atoms with Crippen LogP contribution in [0.4, 0.5) is 0 Å². The molecule has 0 aliphatic heterocycles. The highest BCUT2D eigenvalue weighted by Crippen LogP contribution is 2.24. The summed E-state index contributed by atoms with van der Waals surface area (Å²) in [6.45, 7) is 8.36. The predicted octanol–water partition coefficient (Wildman–Crippen LogP) is 1.67. The van der Waals surface area contributed by atoms with Gasteiger partial charge in [-0.05, 0) is 17.4 Å². The molecular formula is C12H20N2O4S. The van der Waals surface area contributed by atoms with Crippen LogP contribution in [-0.2, 0) is 10.0 Å². The average Bonchev–Trinajstić information content (AvgIpc) is 2.74. The predicted molar refractivity (Wildman–Crippen MR) is 71.6 cm³/mol. The van der Waals surface area contributed by atoms with E-state index in [1.54, 1.807) is 0 Å². The molecule has 108 valence electrons. The summed E-state index contributed by atoms with van der Waals surface area (Å²) in [4.78, 5) is 13.0. The van der Waals surface area contributed by atoms with Crippen molar-refractivity contribution in [3.8, 4) is 0 Å². The number of nitrogens with one attached hydrogen (secondary N) is 2. The van der Waals surface area contributed by atoms with Crippen LogP contribution in [0.3, 0.4) is 0 Å². The van der Waals surface area contributed by atoms with Crippen molar-refractivity contribution in [3.63, 3.8) is 0 Å². The molecule has 0 fully saturated rings. The van der Waals surface area contributed by atoms with Gasteiger partial charge in [0.05, 0.1) is 0 Å². The van der Waals surface area contributed by atoms with Gasteiger partial charge in [-0.3, -0.25) is 0 Å². The van der Waals surface area contributed by atoms with Crippen LogP contribution in [0, 0.1) is 11.3 Å². The summed E-state index contributed by atoms with van der Waals surface area (Å²) in [6, 6.07) is 1.10. The molecule has 3 N–H and O–H groups in total. The minimum atomic E-state index is -3.67. The first-order valence-corrected chi connectivity index (χ1v) is 7.44. The Balaban J connectivity index is 2.79. The van der Waals surface area contributed by atoms with Gasteiger partial charge >= 0.3 is 5.97 Å². The number of H-pyrrole nitrogens is 1. The summed E-state index contributed by atoms with van der Waals surface area (Å²) in [5.74, 6) is -1.04. The second-order valence-corrected chi connectivity index (χ2v) is 7.44. The van der Waals surface area contributed by atoms with E-state index in [4.69, 9.17) is 5.11 Å². The highest BCUT2D eigenvalue weighted by Gasteiger charge is 2.23. The molecule has 1 atom stereocenters. The molecule has 0 saturated carbocycles. The van der Waals surface area contributed by atoms with E-state index in [9.17, 15) is 13.2 Å². The van der Waals surface area contributed by atoms with Crippen LogP contribution in [0.1, 0.15) is 38.2 Å². The van der Waals surface area contributed by atoms with Gasteiger partial charge in [0.15, 0.2) is 0 Å². The quantitative estimate of drug-likeness (QED) is 0.767. The summed E-state index contributed by atoms with van der Waals surface area (Å²) in [5, 5.41) is 8.74. The highest BCUT2D eigenvalue weighted by molar-refractivity contribution is 7.89. The minimum Gasteiger partial charge on any atom is -0.477 e.